The third-order valence-corrected chi connectivity index (χ3v) is 5.83. The van der Waals surface area contributed by atoms with Crippen LogP contribution >= 0.6 is 11.8 Å². The van der Waals surface area contributed by atoms with Crippen LogP contribution in [0.25, 0.3) is 10.9 Å². The Morgan fingerprint density at radius 1 is 1.34 bits per heavy atom. The van der Waals surface area contributed by atoms with E-state index in [9.17, 15) is 14.3 Å². The molecule has 2 heterocycles. The third kappa shape index (κ3) is 3.96. The number of carboxylic acids is 1. The average molecular weight is 409 g/mol. The molecule has 0 unspecified atom stereocenters. The zero-order valence-electron chi connectivity index (χ0n) is 15.2. The second-order valence-electron chi connectivity index (χ2n) is 6.76. The zero-order chi connectivity index (χ0) is 20.4. The number of carbonyl (C=O) groups is 1. The average Bonchev–Trinajstić information content (AvgIpc) is 3.30. The van der Waals surface area contributed by atoms with Gasteiger partial charge in [0.2, 0.25) is 0 Å². The highest BCUT2D eigenvalue weighted by Gasteiger charge is 2.43. The molecule has 29 heavy (non-hydrogen) atoms. The number of halogens is 1. The van der Waals surface area contributed by atoms with Gasteiger partial charge in [-0.3, -0.25) is 4.99 Å². The standard InChI is InChI=1S/C21H16FN3O3S/c22-15-5-4-14-7-16(24-18(14)8-15)9-21(20(26)27)12-29-19(25-21)11-28-17-3-1-2-13(6-17)10-23/h1-8,24H,9,11-12H2,(H,26,27)/t21-/m0/s1. The molecular formula is C21H16FN3O3S. The fourth-order valence-corrected chi connectivity index (χ4v) is 4.30. The first-order valence-electron chi connectivity index (χ1n) is 8.82. The summed E-state index contributed by atoms with van der Waals surface area (Å²) in [4.78, 5) is 19.6. The van der Waals surface area contributed by atoms with Crippen molar-refractivity contribution in [2.45, 2.75) is 12.0 Å². The predicted molar refractivity (Wildman–Crippen MR) is 109 cm³/mol. The van der Waals surface area contributed by atoms with Crippen LogP contribution in [0, 0.1) is 17.1 Å². The molecule has 4 rings (SSSR count). The van der Waals surface area contributed by atoms with E-state index in [0.717, 1.165) is 5.39 Å². The summed E-state index contributed by atoms with van der Waals surface area (Å²) in [6, 6.07) is 15.0. The lowest BCUT2D eigenvalue weighted by Crippen LogP contribution is -2.39. The summed E-state index contributed by atoms with van der Waals surface area (Å²) < 4.78 is 19.1. The summed E-state index contributed by atoms with van der Waals surface area (Å²) in [7, 11) is 0. The van der Waals surface area contributed by atoms with Gasteiger partial charge in [-0.05, 0) is 47.9 Å². The first-order chi connectivity index (χ1) is 14.0. The lowest BCUT2D eigenvalue weighted by Gasteiger charge is -2.19. The molecule has 146 valence electrons. The third-order valence-electron chi connectivity index (χ3n) is 4.66. The van der Waals surface area contributed by atoms with Gasteiger partial charge in [-0.1, -0.05) is 6.07 Å². The molecule has 0 spiro atoms. The van der Waals surface area contributed by atoms with E-state index in [0.29, 0.717) is 27.6 Å². The monoisotopic (exact) mass is 409 g/mol. The summed E-state index contributed by atoms with van der Waals surface area (Å²) in [6.07, 6.45) is 0.166. The van der Waals surface area contributed by atoms with Crippen LogP contribution in [0.1, 0.15) is 11.3 Å². The number of fused-ring (bicyclic) bond motifs is 1. The van der Waals surface area contributed by atoms with Gasteiger partial charge in [0.05, 0.1) is 11.6 Å². The molecule has 8 heteroatoms. The number of carboxylic acid groups (broad SMARTS) is 1. The fraction of sp³-hybridized carbons (Fsp3) is 0.190. The fourth-order valence-electron chi connectivity index (χ4n) is 3.23. The Labute approximate surface area is 170 Å². The minimum absolute atomic E-state index is 0.131. The van der Waals surface area contributed by atoms with Gasteiger partial charge in [-0.25, -0.2) is 9.18 Å². The lowest BCUT2D eigenvalue weighted by molar-refractivity contribution is -0.142. The summed E-state index contributed by atoms with van der Waals surface area (Å²) in [5.41, 5.74) is 0.480. The largest absolute Gasteiger partial charge is 0.487 e. The minimum Gasteiger partial charge on any atom is -0.487 e. The molecule has 1 aliphatic heterocycles. The first-order valence-corrected chi connectivity index (χ1v) is 9.81. The maximum atomic E-state index is 13.4. The van der Waals surface area contributed by atoms with Crippen LogP contribution < -0.4 is 4.74 Å². The highest BCUT2D eigenvalue weighted by atomic mass is 32.2. The minimum atomic E-state index is -1.31. The van der Waals surface area contributed by atoms with Crippen LogP contribution in [-0.4, -0.2) is 39.0 Å². The number of nitriles is 1. The van der Waals surface area contributed by atoms with E-state index in [4.69, 9.17) is 10.00 Å². The first kappa shape index (κ1) is 19.0. The quantitative estimate of drug-likeness (QED) is 0.646. The maximum Gasteiger partial charge on any atom is 0.332 e. The molecule has 1 atom stereocenters. The molecule has 1 aliphatic rings. The molecular weight excluding hydrogens is 393 g/mol. The van der Waals surface area contributed by atoms with E-state index < -0.39 is 11.5 Å². The Hall–Kier alpha value is -3.31. The molecule has 0 bridgehead atoms. The van der Waals surface area contributed by atoms with E-state index >= 15 is 0 Å². The number of H-pyrrole nitrogens is 1. The number of rotatable bonds is 6. The van der Waals surface area contributed by atoms with E-state index in [-0.39, 0.29) is 24.6 Å². The SMILES string of the molecule is N#Cc1cccc(OCC2=N[C@](Cc3cc4ccc(F)cc4[nH]3)(C(=O)O)CS2)c1. The van der Waals surface area contributed by atoms with Gasteiger partial charge < -0.3 is 14.8 Å². The van der Waals surface area contributed by atoms with Crippen LogP contribution in [0.2, 0.25) is 0 Å². The molecule has 0 radical (unpaired) electrons. The van der Waals surface area contributed by atoms with Gasteiger partial charge in [0.1, 0.15) is 23.2 Å². The number of hydrogen-bond acceptors (Lipinski definition) is 5. The van der Waals surface area contributed by atoms with Crippen molar-refractivity contribution < 1.29 is 19.0 Å². The van der Waals surface area contributed by atoms with Gasteiger partial charge in [0, 0.05) is 23.4 Å². The van der Waals surface area contributed by atoms with Gasteiger partial charge in [0.25, 0.3) is 0 Å². The number of ether oxygens (including phenoxy) is 1. The van der Waals surface area contributed by atoms with Crippen molar-refractivity contribution in [3.63, 3.8) is 0 Å². The number of aromatic nitrogens is 1. The van der Waals surface area contributed by atoms with Crippen molar-refractivity contribution in [1.29, 1.82) is 5.26 Å². The summed E-state index contributed by atoms with van der Waals surface area (Å²) in [6.45, 7) is 0.131. The van der Waals surface area contributed by atoms with Gasteiger partial charge in [0.15, 0.2) is 5.54 Å². The van der Waals surface area contributed by atoms with Crippen LogP contribution in [0.15, 0.2) is 53.5 Å². The molecule has 0 saturated carbocycles. The van der Waals surface area contributed by atoms with Gasteiger partial charge >= 0.3 is 5.97 Å². The molecule has 0 fully saturated rings. The Morgan fingerprint density at radius 2 is 2.21 bits per heavy atom. The number of nitrogens with zero attached hydrogens (tertiary/aromatic N) is 2. The molecule has 0 aliphatic carbocycles. The number of aliphatic carboxylic acids is 1. The van der Waals surface area contributed by atoms with Crippen molar-refractivity contribution >= 4 is 33.7 Å². The molecule has 0 amide bonds. The van der Waals surface area contributed by atoms with Crippen molar-refractivity contribution in [2.75, 3.05) is 12.4 Å². The van der Waals surface area contributed by atoms with E-state index in [1.54, 1.807) is 30.3 Å². The van der Waals surface area contributed by atoms with Gasteiger partial charge in [-0.15, -0.1) is 11.8 Å². The number of thioether (sulfide) groups is 1. The van der Waals surface area contributed by atoms with Crippen LogP contribution in [0.4, 0.5) is 4.39 Å². The molecule has 1 aromatic heterocycles. The Bertz CT molecular complexity index is 1170. The summed E-state index contributed by atoms with van der Waals surface area (Å²) in [5, 5.41) is 20.2. The maximum absolute atomic E-state index is 13.4. The summed E-state index contributed by atoms with van der Waals surface area (Å²) >= 11 is 1.34. The molecule has 0 saturated heterocycles. The topological polar surface area (TPSA) is 98.5 Å². The van der Waals surface area contributed by atoms with Crippen molar-refractivity contribution in [3.05, 3.63) is 65.6 Å². The number of hydrogen-bond donors (Lipinski definition) is 2. The lowest BCUT2D eigenvalue weighted by atomic mass is 9.96. The highest BCUT2D eigenvalue weighted by molar-refractivity contribution is 8.14. The van der Waals surface area contributed by atoms with E-state index in [1.807, 2.05) is 12.1 Å². The molecule has 3 aromatic rings. The van der Waals surface area contributed by atoms with E-state index in [2.05, 4.69) is 9.98 Å². The van der Waals surface area contributed by atoms with Gasteiger partial charge in [-0.2, -0.15) is 5.26 Å². The number of nitrogens with one attached hydrogen (secondary N) is 1. The number of aromatic amines is 1. The van der Waals surface area contributed by atoms with Crippen LogP contribution in [0.3, 0.4) is 0 Å². The second kappa shape index (κ2) is 7.60. The predicted octanol–water partition coefficient (Wildman–Crippen LogP) is 3.77. The molecule has 6 nitrogen and oxygen atoms in total. The van der Waals surface area contributed by atoms with Crippen molar-refractivity contribution in [3.8, 4) is 11.8 Å². The van der Waals surface area contributed by atoms with E-state index in [1.165, 1.54) is 23.9 Å². The smallest absolute Gasteiger partial charge is 0.332 e. The number of aliphatic imine (C=N–C) groups is 1. The van der Waals surface area contributed by atoms with Crippen molar-refractivity contribution in [1.82, 2.24) is 4.98 Å². The Kier molecular flexibility index (Phi) is 4.99. The Balaban J connectivity index is 1.52. The van der Waals surface area contributed by atoms with Crippen molar-refractivity contribution in [2.24, 2.45) is 4.99 Å². The molecule has 2 aromatic carbocycles. The summed E-state index contributed by atoms with van der Waals surface area (Å²) in [5.74, 6) is -0.564. The highest BCUT2D eigenvalue weighted by Crippen LogP contribution is 2.33. The van der Waals surface area contributed by atoms with Crippen LogP contribution in [0.5, 0.6) is 5.75 Å². The zero-order valence-corrected chi connectivity index (χ0v) is 16.0. The normalized spacial score (nSPS) is 18.4. The molecule has 2 N–H and O–H groups in total. The Morgan fingerprint density at radius 3 is 3.00 bits per heavy atom. The second-order valence-corrected chi connectivity index (χ2v) is 7.81. The van der Waals surface area contributed by atoms with Crippen LogP contribution in [-0.2, 0) is 11.2 Å². The number of benzene rings is 2.